The smallest absolute Gasteiger partial charge is 0.233 e. The van der Waals surface area contributed by atoms with Crippen molar-refractivity contribution in [3.8, 4) is 0 Å². The maximum atomic E-state index is 11.9. The van der Waals surface area contributed by atoms with Gasteiger partial charge in [0.05, 0.1) is 10.7 Å². The Morgan fingerprint density at radius 2 is 1.58 bits per heavy atom. The van der Waals surface area contributed by atoms with Gasteiger partial charge in [-0.2, -0.15) is 0 Å². The van der Waals surface area contributed by atoms with Gasteiger partial charge in [-0.25, -0.2) is 0 Å². The molecule has 0 spiro atoms. The van der Waals surface area contributed by atoms with Gasteiger partial charge < -0.3 is 15.5 Å². The van der Waals surface area contributed by atoms with E-state index in [9.17, 15) is 9.59 Å². The van der Waals surface area contributed by atoms with Crippen molar-refractivity contribution in [3.05, 3.63) is 52.5 Å². The Balaban J connectivity index is 1.91. The van der Waals surface area contributed by atoms with E-state index in [-0.39, 0.29) is 6.42 Å². The molecule has 2 aromatic carbocycles. The van der Waals surface area contributed by atoms with Crippen LogP contribution in [0.3, 0.4) is 0 Å². The van der Waals surface area contributed by atoms with Gasteiger partial charge in [-0.1, -0.05) is 23.2 Å². The SMILES string of the molecule is CN(C)c1ccc(NC(=O)CC(=O)Nc2cc(Cl)ccc2Cl)cc1. The molecule has 2 amide bonds. The molecule has 0 aliphatic carbocycles. The summed E-state index contributed by atoms with van der Waals surface area (Å²) in [4.78, 5) is 25.8. The minimum atomic E-state index is -0.471. The molecule has 0 saturated carbocycles. The van der Waals surface area contributed by atoms with Crippen molar-refractivity contribution in [2.75, 3.05) is 29.6 Å². The van der Waals surface area contributed by atoms with Crippen LogP contribution in [0.15, 0.2) is 42.5 Å². The minimum Gasteiger partial charge on any atom is -0.378 e. The van der Waals surface area contributed by atoms with Crippen molar-refractivity contribution < 1.29 is 9.59 Å². The van der Waals surface area contributed by atoms with Crippen LogP contribution in [0.4, 0.5) is 17.1 Å². The van der Waals surface area contributed by atoms with E-state index in [2.05, 4.69) is 10.6 Å². The summed E-state index contributed by atoms with van der Waals surface area (Å²) in [7, 11) is 3.86. The molecule has 7 heteroatoms. The first-order valence-corrected chi connectivity index (χ1v) is 7.93. The fourth-order valence-electron chi connectivity index (χ4n) is 1.98. The Labute approximate surface area is 150 Å². The van der Waals surface area contributed by atoms with E-state index in [1.165, 1.54) is 6.07 Å². The lowest BCUT2D eigenvalue weighted by molar-refractivity contribution is -0.123. The van der Waals surface area contributed by atoms with E-state index >= 15 is 0 Å². The first-order valence-electron chi connectivity index (χ1n) is 7.17. The normalized spacial score (nSPS) is 10.2. The van der Waals surface area contributed by atoms with Gasteiger partial charge in [0.1, 0.15) is 6.42 Å². The zero-order valence-electron chi connectivity index (χ0n) is 13.3. The molecule has 0 aliphatic rings. The zero-order valence-corrected chi connectivity index (χ0v) is 14.8. The fraction of sp³-hybridized carbons (Fsp3) is 0.176. The van der Waals surface area contributed by atoms with E-state index in [1.807, 2.05) is 31.1 Å². The maximum Gasteiger partial charge on any atom is 0.233 e. The molecule has 0 saturated heterocycles. The largest absolute Gasteiger partial charge is 0.378 e. The molecule has 2 rings (SSSR count). The molecule has 0 aromatic heterocycles. The highest BCUT2D eigenvalue weighted by molar-refractivity contribution is 6.35. The molecule has 126 valence electrons. The molecule has 5 nitrogen and oxygen atoms in total. The quantitative estimate of drug-likeness (QED) is 0.786. The molecular weight excluding hydrogens is 349 g/mol. The molecule has 0 fully saturated rings. The summed E-state index contributed by atoms with van der Waals surface area (Å²) in [5.74, 6) is -0.884. The second-order valence-corrected chi connectivity index (χ2v) is 6.18. The molecule has 24 heavy (non-hydrogen) atoms. The van der Waals surface area contributed by atoms with E-state index in [0.29, 0.717) is 21.4 Å². The third kappa shape index (κ3) is 5.15. The summed E-state index contributed by atoms with van der Waals surface area (Å²) in [5, 5.41) is 6.04. The monoisotopic (exact) mass is 365 g/mol. The van der Waals surface area contributed by atoms with Gasteiger partial charge in [-0.15, -0.1) is 0 Å². The van der Waals surface area contributed by atoms with Crippen LogP contribution in [0.2, 0.25) is 10.0 Å². The standard InChI is InChI=1S/C17H17Cl2N3O2/c1-22(2)13-6-4-12(5-7-13)20-16(23)10-17(24)21-15-9-11(18)3-8-14(15)19/h3-9H,10H2,1-2H3,(H,20,23)(H,21,24). The maximum absolute atomic E-state index is 11.9. The molecular formula is C17H17Cl2N3O2. The van der Waals surface area contributed by atoms with E-state index in [4.69, 9.17) is 23.2 Å². The second kappa shape index (κ2) is 8.04. The summed E-state index contributed by atoms with van der Waals surface area (Å²) in [6.45, 7) is 0. The van der Waals surface area contributed by atoms with Crippen molar-refractivity contribution in [1.29, 1.82) is 0 Å². The van der Waals surface area contributed by atoms with Crippen LogP contribution in [0, 0.1) is 0 Å². The molecule has 0 unspecified atom stereocenters. The van der Waals surface area contributed by atoms with Crippen LogP contribution in [0.1, 0.15) is 6.42 Å². The van der Waals surface area contributed by atoms with Crippen LogP contribution in [-0.2, 0) is 9.59 Å². The summed E-state index contributed by atoms with van der Waals surface area (Å²) in [5.41, 5.74) is 2.01. The molecule has 0 heterocycles. The number of nitrogens with one attached hydrogen (secondary N) is 2. The van der Waals surface area contributed by atoms with Gasteiger partial charge in [-0.05, 0) is 42.5 Å². The number of nitrogens with zero attached hydrogens (tertiary/aromatic N) is 1. The van der Waals surface area contributed by atoms with Gasteiger partial charge in [0.2, 0.25) is 11.8 Å². The highest BCUT2D eigenvalue weighted by Crippen LogP contribution is 2.25. The molecule has 0 aliphatic heterocycles. The Hall–Kier alpha value is -2.24. The fourth-order valence-corrected chi connectivity index (χ4v) is 2.32. The van der Waals surface area contributed by atoms with Crippen LogP contribution in [0.25, 0.3) is 0 Å². The summed E-state index contributed by atoms with van der Waals surface area (Å²) in [6.07, 6.45) is -0.321. The van der Waals surface area contributed by atoms with E-state index < -0.39 is 11.8 Å². The second-order valence-electron chi connectivity index (χ2n) is 5.34. The predicted molar refractivity (Wildman–Crippen MR) is 99.1 cm³/mol. The van der Waals surface area contributed by atoms with E-state index in [1.54, 1.807) is 24.3 Å². The molecule has 0 bridgehead atoms. The van der Waals surface area contributed by atoms with Crippen molar-refractivity contribution in [3.63, 3.8) is 0 Å². The van der Waals surface area contributed by atoms with Gasteiger partial charge in [0.15, 0.2) is 0 Å². The summed E-state index contributed by atoms with van der Waals surface area (Å²) < 4.78 is 0. The lowest BCUT2D eigenvalue weighted by atomic mass is 10.2. The number of hydrogen-bond donors (Lipinski definition) is 2. The highest BCUT2D eigenvalue weighted by atomic mass is 35.5. The number of carbonyl (C=O) groups is 2. The van der Waals surface area contributed by atoms with Crippen LogP contribution < -0.4 is 15.5 Å². The Kier molecular flexibility index (Phi) is 6.06. The molecule has 2 aromatic rings. The van der Waals surface area contributed by atoms with Gasteiger partial charge in [0.25, 0.3) is 0 Å². The molecule has 0 atom stereocenters. The lowest BCUT2D eigenvalue weighted by Crippen LogP contribution is -2.21. The highest BCUT2D eigenvalue weighted by Gasteiger charge is 2.12. The Morgan fingerprint density at radius 1 is 0.958 bits per heavy atom. The third-order valence-electron chi connectivity index (χ3n) is 3.19. The van der Waals surface area contributed by atoms with Gasteiger partial charge >= 0.3 is 0 Å². The van der Waals surface area contributed by atoms with Crippen molar-refractivity contribution in [2.45, 2.75) is 6.42 Å². The van der Waals surface area contributed by atoms with Crippen molar-refractivity contribution >= 4 is 52.1 Å². The van der Waals surface area contributed by atoms with E-state index in [0.717, 1.165) is 5.69 Å². The molecule has 0 radical (unpaired) electrons. The number of rotatable bonds is 5. The third-order valence-corrected chi connectivity index (χ3v) is 3.76. The Bertz CT molecular complexity index is 746. The number of hydrogen-bond acceptors (Lipinski definition) is 3. The number of anilines is 3. The molecule has 2 N–H and O–H groups in total. The van der Waals surface area contributed by atoms with Gasteiger partial charge in [-0.3, -0.25) is 9.59 Å². The summed E-state index contributed by atoms with van der Waals surface area (Å²) >= 11 is 11.8. The number of carbonyl (C=O) groups excluding carboxylic acids is 2. The van der Waals surface area contributed by atoms with Crippen molar-refractivity contribution in [2.24, 2.45) is 0 Å². The number of benzene rings is 2. The van der Waals surface area contributed by atoms with Crippen LogP contribution in [-0.4, -0.2) is 25.9 Å². The number of halogens is 2. The van der Waals surface area contributed by atoms with Crippen molar-refractivity contribution in [1.82, 2.24) is 0 Å². The summed E-state index contributed by atoms with van der Waals surface area (Å²) in [6, 6.07) is 12.0. The van der Waals surface area contributed by atoms with Crippen LogP contribution >= 0.6 is 23.2 Å². The van der Waals surface area contributed by atoms with Gasteiger partial charge in [0, 0.05) is 30.5 Å². The number of amides is 2. The first kappa shape index (κ1) is 18.1. The van der Waals surface area contributed by atoms with Crippen LogP contribution in [0.5, 0.6) is 0 Å². The average Bonchev–Trinajstić information content (AvgIpc) is 2.51. The Morgan fingerprint density at radius 3 is 2.21 bits per heavy atom. The topological polar surface area (TPSA) is 61.4 Å². The predicted octanol–water partition coefficient (Wildman–Crippen LogP) is 4.03. The minimum absolute atomic E-state index is 0.321. The first-order chi connectivity index (χ1) is 11.3. The zero-order chi connectivity index (χ0) is 17.7. The lowest BCUT2D eigenvalue weighted by Gasteiger charge is -2.13. The average molecular weight is 366 g/mol.